The van der Waals surface area contributed by atoms with Gasteiger partial charge in [-0.05, 0) is 77.5 Å². The van der Waals surface area contributed by atoms with Crippen molar-refractivity contribution in [1.82, 2.24) is 9.88 Å². The first kappa shape index (κ1) is 25.6. The molecule has 1 aromatic heterocycles. The number of fused-ring (bicyclic) bond motifs is 1. The number of carbonyl (C=O) groups excluding carboxylic acids is 1. The number of thioether (sulfide) groups is 1. The second-order valence-corrected chi connectivity index (χ2v) is 10.3. The number of thiocarbonyl (C=S) groups is 1. The monoisotopic (exact) mass is 544 g/mol. The van der Waals surface area contributed by atoms with Crippen molar-refractivity contribution in [2.75, 3.05) is 20.3 Å². The van der Waals surface area contributed by atoms with Crippen LogP contribution in [-0.4, -0.2) is 51.4 Å². The number of aromatic nitrogens is 1. The Morgan fingerprint density at radius 1 is 1.11 bits per heavy atom. The lowest BCUT2D eigenvalue weighted by atomic mass is 10.0. The number of aromatic amines is 1. The molecule has 5 rings (SSSR count). The highest BCUT2D eigenvalue weighted by atomic mass is 32.2. The highest BCUT2D eigenvalue weighted by Gasteiger charge is 2.31. The van der Waals surface area contributed by atoms with E-state index in [-0.39, 0.29) is 11.5 Å². The lowest BCUT2D eigenvalue weighted by Crippen LogP contribution is -2.29. The van der Waals surface area contributed by atoms with E-state index in [0.717, 1.165) is 33.3 Å². The number of benzene rings is 3. The molecule has 0 radical (unpaired) electrons. The zero-order valence-corrected chi connectivity index (χ0v) is 22.1. The zero-order chi connectivity index (χ0) is 26.6. The van der Waals surface area contributed by atoms with Crippen LogP contribution in [0, 0.1) is 0 Å². The van der Waals surface area contributed by atoms with Gasteiger partial charge < -0.3 is 19.6 Å². The van der Waals surface area contributed by atoms with Crippen LogP contribution in [-0.2, 0) is 4.79 Å². The smallest absolute Gasteiger partial charge is 0.335 e. The fourth-order valence-corrected chi connectivity index (χ4v) is 5.52. The first-order valence-corrected chi connectivity index (χ1v) is 13.1. The van der Waals surface area contributed by atoms with Gasteiger partial charge in [-0.25, -0.2) is 4.79 Å². The maximum atomic E-state index is 13.1. The molecule has 1 aliphatic rings. The van der Waals surface area contributed by atoms with Gasteiger partial charge in [0.25, 0.3) is 5.91 Å². The van der Waals surface area contributed by atoms with Crippen LogP contribution in [0.2, 0.25) is 0 Å². The summed E-state index contributed by atoms with van der Waals surface area (Å²) in [5.41, 5.74) is 4.06. The fourth-order valence-electron chi connectivity index (χ4n) is 4.21. The quantitative estimate of drug-likeness (QED) is 0.147. The van der Waals surface area contributed by atoms with E-state index in [1.807, 2.05) is 36.5 Å². The van der Waals surface area contributed by atoms with Gasteiger partial charge in [0.2, 0.25) is 0 Å². The van der Waals surface area contributed by atoms with Crippen LogP contribution < -0.4 is 9.47 Å². The van der Waals surface area contributed by atoms with Gasteiger partial charge in [-0.15, -0.1) is 0 Å². The second kappa shape index (κ2) is 11.1. The summed E-state index contributed by atoms with van der Waals surface area (Å²) >= 11 is 6.76. The maximum Gasteiger partial charge on any atom is 0.335 e. The highest BCUT2D eigenvalue weighted by molar-refractivity contribution is 8.26. The second-order valence-electron chi connectivity index (χ2n) is 8.60. The Kier molecular flexibility index (Phi) is 7.48. The number of nitrogens with one attached hydrogen (secondary N) is 1. The van der Waals surface area contributed by atoms with Gasteiger partial charge in [0.05, 0.1) is 24.2 Å². The van der Waals surface area contributed by atoms with Gasteiger partial charge in [-0.2, -0.15) is 0 Å². The number of nitrogens with zero attached hydrogens (tertiary/aromatic N) is 1. The topological polar surface area (TPSA) is 91.9 Å². The van der Waals surface area contributed by atoms with Crippen LogP contribution in [0.5, 0.6) is 11.5 Å². The van der Waals surface area contributed by atoms with Crippen molar-refractivity contribution in [3.8, 4) is 22.6 Å². The third-order valence-corrected chi connectivity index (χ3v) is 7.53. The molecule has 0 unspecified atom stereocenters. The van der Waals surface area contributed by atoms with Crippen molar-refractivity contribution >= 4 is 57.2 Å². The van der Waals surface area contributed by atoms with E-state index >= 15 is 0 Å². The summed E-state index contributed by atoms with van der Waals surface area (Å²) in [6.07, 6.45) is 4.35. The molecule has 2 heterocycles. The summed E-state index contributed by atoms with van der Waals surface area (Å²) in [7, 11) is 1.64. The Labute approximate surface area is 229 Å². The molecule has 1 fully saturated rings. The van der Waals surface area contributed by atoms with Crippen molar-refractivity contribution in [3.05, 3.63) is 89.0 Å². The average molecular weight is 545 g/mol. The van der Waals surface area contributed by atoms with E-state index in [2.05, 4.69) is 23.2 Å². The summed E-state index contributed by atoms with van der Waals surface area (Å²) in [4.78, 5) is 29.5. The molecule has 3 aromatic carbocycles. The molecule has 4 aromatic rings. The SMILES string of the molecule is COc1ccc(/C=C2\SC(=S)N(CCCOc3ccc(C(=O)O)cc3)C2=O)cc1-c1ccc2cc[nH]c2c1. The van der Waals surface area contributed by atoms with Crippen LogP contribution in [0.25, 0.3) is 28.1 Å². The first-order valence-electron chi connectivity index (χ1n) is 11.9. The van der Waals surface area contributed by atoms with Crippen molar-refractivity contribution in [2.45, 2.75) is 6.42 Å². The number of ether oxygens (including phenoxy) is 2. The van der Waals surface area contributed by atoms with Gasteiger partial charge in [0.1, 0.15) is 15.8 Å². The fraction of sp³-hybridized carbons (Fsp3) is 0.138. The summed E-state index contributed by atoms with van der Waals surface area (Å²) in [6, 6.07) is 20.3. The van der Waals surface area contributed by atoms with Gasteiger partial charge in [-0.3, -0.25) is 9.69 Å². The molecular formula is C29H24N2O5S2. The van der Waals surface area contributed by atoms with Crippen LogP contribution >= 0.6 is 24.0 Å². The minimum absolute atomic E-state index is 0.129. The van der Waals surface area contributed by atoms with Gasteiger partial charge in [0, 0.05) is 23.8 Å². The molecule has 0 bridgehead atoms. The number of carbonyl (C=O) groups is 2. The first-order chi connectivity index (χ1) is 18.4. The lowest BCUT2D eigenvalue weighted by molar-refractivity contribution is -0.122. The van der Waals surface area contributed by atoms with E-state index in [0.29, 0.717) is 34.5 Å². The summed E-state index contributed by atoms with van der Waals surface area (Å²) in [5.74, 6) is 0.211. The maximum absolute atomic E-state index is 13.1. The third kappa shape index (κ3) is 5.44. The summed E-state index contributed by atoms with van der Waals surface area (Å²) < 4.78 is 11.8. The number of rotatable bonds is 9. The van der Waals surface area contributed by atoms with Crippen molar-refractivity contribution < 1.29 is 24.2 Å². The number of hydrogen-bond donors (Lipinski definition) is 2. The number of H-pyrrole nitrogens is 1. The molecule has 1 amide bonds. The van der Waals surface area contributed by atoms with Gasteiger partial charge in [-0.1, -0.05) is 42.2 Å². The normalized spacial score (nSPS) is 14.4. The number of methoxy groups -OCH3 is 1. The van der Waals surface area contributed by atoms with Crippen LogP contribution in [0.3, 0.4) is 0 Å². The van der Waals surface area contributed by atoms with E-state index in [4.69, 9.17) is 26.8 Å². The van der Waals surface area contributed by atoms with E-state index in [1.165, 1.54) is 23.9 Å². The Balaban J connectivity index is 1.26. The Hall–Kier alpha value is -4.08. The molecule has 0 saturated carbocycles. The summed E-state index contributed by atoms with van der Waals surface area (Å²) in [5, 5.41) is 10.1. The third-order valence-electron chi connectivity index (χ3n) is 6.16. The zero-order valence-electron chi connectivity index (χ0n) is 20.5. The van der Waals surface area contributed by atoms with Crippen LogP contribution in [0.4, 0.5) is 0 Å². The number of aromatic carboxylic acids is 1. The van der Waals surface area contributed by atoms with E-state index in [1.54, 1.807) is 24.1 Å². The van der Waals surface area contributed by atoms with Gasteiger partial charge in [0.15, 0.2) is 0 Å². The van der Waals surface area contributed by atoms with Gasteiger partial charge >= 0.3 is 5.97 Å². The predicted octanol–water partition coefficient (Wildman–Crippen LogP) is 6.21. The largest absolute Gasteiger partial charge is 0.496 e. The number of carboxylic acid groups (broad SMARTS) is 1. The van der Waals surface area contributed by atoms with Crippen LogP contribution in [0.15, 0.2) is 77.8 Å². The lowest BCUT2D eigenvalue weighted by Gasteiger charge is -2.14. The Morgan fingerprint density at radius 3 is 2.68 bits per heavy atom. The van der Waals surface area contributed by atoms with E-state index in [9.17, 15) is 9.59 Å². The standard InChI is InChI=1S/C29H24N2O5S2/c1-35-25-10-3-18(15-23(25)21-5-4-19-11-12-30-24(19)17-21)16-26-27(32)31(29(37)38-26)13-2-14-36-22-8-6-20(7-9-22)28(33)34/h3-12,15-17,30H,2,13-14H2,1H3,(H,33,34)/b26-16-. The molecule has 38 heavy (non-hydrogen) atoms. The molecule has 1 aliphatic heterocycles. The van der Waals surface area contributed by atoms with Crippen molar-refractivity contribution in [1.29, 1.82) is 0 Å². The van der Waals surface area contributed by atoms with Crippen molar-refractivity contribution in [2.24, 2.45) is 0 Å². The molecule has 1 saturated heterocycles. The predicted molar refractivity (Wildman–Crippen MR) is 154 cm³/mol. The minimum Gasteiger partial charge on any atom is -0.496 e. The molecule has 0 atom stereocenters. The minimum atomic E-state index is -0.983. The molecule has 0 aliphatic carbocycles. The molecule has 192 valence electrons. The number of carboxylic acids is 1. The van der Waals surface area contributed by atoms with E-state index < -0.39 is 5.97 Å². The molecule has 0 spiro atoms. The Bertz CT molecular complexity index is 1560. The molecular weight excluding hydrogens is 520 g/mol. The Morgan fingerprint density at radius 2 is 1.92 bits per heavy atom. The number of hydrogen-bond acceptors (Lipinski definition) is 6. The molecule has 9 heteroatoms. The van der Waals surface area contributed by atoms with Crippen LogP contribution in [0.1, 0.15) is 22.3 Å². The van der Waals surface area contributed by atoms with Crippen molar-refractivity contribution in [3.63, 3.8) is 0 Å². The number of amides is 1. The molecule has 2 N–H and O–H groups in total. The molecule has 7 nitrogen and oxygen atoms in total. The highest BCUT2D eigenvalue weighted by Crippen LogP contribution is 2.36. The summed E-state index contributed by atoms with van der Waals surface area (Å²) in [6.45, 7) is 0.800. The average Bonchev–Trinajstić information content (AvgIpc) is 3.50.